The van der Waals surface area contributed by atoms with Gasteiger partial charge in [0, 0.05) is 11.8 Å². The van der Waals surface area contributed by atoms with Crippen LogP contribution in [0.5, 0.6) is 0 Å². The topological polar surface area (TPSA) is 60.4 Å². The lowest BCUT2D eigenvalue weighted by Crippen LogP contribution is -2.05. The van der Waals surface area contributed by atoms with Crippen molar-refractivity contribution in [2.45, 2.75) is 11.5 Å². The zero-order valence-corrected chi connectivity index (χ0v) is 11.8. The summed E-state index contributed by atoms with van der Waals surface area (Å²) in [6, 6.07) is 7.58. The van der Waals surface area contributed by atoms with Crippen molar-refractivity contribution in [3.05, 3.63) is 52.2 Å². The van der Waals surface area contributed by atoms with Gasteiger partial charge in [0.25, 0.3) is 0 Å². The van der Waals surface area contributed by atoms with Crippen LogP contribution >= 0.6 is 11.3 Å². The number of carbonyl (C=O) groups excluding carboxylic acids is 1. The Morgan fingerprint density at radius 2 is 1.89 bits per heavy atom. The fraction of sp³-hybridized carbons (Fsp3) is 0.154. The van der Waals surface area contributed by atoms with Gasteiger partial charge in [0.2, 0.25) is 0 Å². The second-order valence-corrected chi connectivity index (χ2v) is 6.80. The average Bonchev–Trinajstić information content (AvgIpc) is 2.88. The molecule has 1 heterocycles. The number of rotatable bonds is 4. The van der Waals surface area contributed by atoms with Crippen molar-refractivity contribution in [3.8, 4) is 0 Å². The number of hydrogen-bond donors (Lipinski definition) is 0. The van der Waals surface area contributed by atoms with Gasteiger partial charge in [0.15, 0.2) is 9.84 Å². The Kier molecular flexibility index (Phi) is 4.01. The van der Waals surface area contributed by atoms with E-state index in [1.807, 2.05) is 16.8 Å². The van der Waals surface area contributed by atoms with E-state index in [1.54, 1.807) is 0 Å². The fourth-order valence-electron chi connectivity index (χ4n) is 1.45. The Morgan fingerprint density at radius 3 is 2.42 bits per heavy atom. The molecule has 0 fully saturated rings. The number of carbonyl (C=O) groups is 1. The summed E-state index contributed by atoms with van der Waals surface area (Å²) >= 11 is 1.53. The number of hydrogen-bond acceptors (Lipinski definition) is 5. The Hall–Kier alpha value is -1.66. The van der Waals surface area contributed by atoms with Crippen LogP contribution in [-0.2, 0) is 21.2 Å². The first-order valence-electron chi connectivity index (χ1n) is 5.45. The van der Waals surface area contributed by atoms with E-state index in [0.29, 0.717) is 5.56 Å². The molecule has 2 rings (SSSR count). The highest BCUT2D eigenvalue weighted by Gasteiger charge is 2.11. The van der Waals surface area contributed by atoms with Crippen LogP contribution in [0, 0.1) is 0 Å². The van der Waals surface area contributed by atoms with Crippen LogP contribution in [0.25, 0.3) is 0 Å². The van der Waals surface area contributed by atoms with E-state index >= 15 is 0 Å². The van der Waals surface area contributed by atoms with Crippen LogP contribution in [-0.4, -0.2) is 20.6 Å². The van der Waals surface area contributed by atoms with E-state index in [0.717, 1.165) is 11.8 Å². The highest BCUT2D eigenvalue weighted by atomic mass is 32.2. The van der Waals surface area contributed by atoms with E-state index < -0.39 is 15.8 Å². The van der Waals surface area contributed by atoms with Gasteiger partial charge in [-0.15, -0.1) is 0 Å². The van der Waals surface area contributed by atoms with Gasteiger partial charge < -0.3 is 4.74 Å². The highest BCUT2D eigenvalue weighted by Crippen LogP contribution is 2.13. The van der Waals surface area contributed by atoms with Crippen molar-refractivity contribution >= 4 is 27.1 Å². The Bertz CT molecular complexity index is 655. The molecule has 0 radical (unpaired) electrons. The lowest BCUT2D eigenvalue weighted by atomic mass is 10.2. The minimum absolute atomic E-state index is 0.182. The van der Waals surface area contributed by atoms with Crippen molar-refractivity contribution in [2.75, 3.05) is 6.26 Å². The molecule has 0 aliphatic rings. The molecule has 2 aromatic rings. The van der Waals surface area contributed by atoms with E-state index in [4.69, 9.17) is 4.74 Å². The SMILES string of the molecule is CS(=O)(=O)c1ccc(C(=O)OCc2ccsc2)cc1. The summed E-state index contributed by atoms with van der Waals surface area (Å²) in [6.07, 6.45) is 1.12. The third kappa shape index (κ3) is 3.65. The van der Waals surface area contributed by atoms with Gasteiger partial charge in [0.05, 0.1) is 10.5 Å². The molecule has 0 spiro atoms. The van der Waals surface area contributed by atoms with Crippen molar-refractivity contribution in [1.82, 2.24) is 0 Å². The molecule has 0 amide bonds. The third-order valence-electron chi connectivity index (χ3n) is 2.47. The van der Waals surface area contributed by atoms with Gasteiger partial charge in [-0.2, -0.15) is 11.3 Å². The summed E-state index contributed by atoms with van der Waals surface area (Å²) in [4.78, 5) is 11.9. The molecule has 0 aliphatic heterocycles. The van der Waals surface area contributed by atoms with E-state index in [2.05, 4.69) is 0 Å². The van der Waals surface area contributed by atoms with Crippen LogP contribution in [0.15, 0.2) is 46.0 Å². The molecule has 0 N–H and O–H groups in total. The lowest BCUT2D eigenvalue weighted by Gasteiger charge is -2.04. The second kappa shape index (κ2) is 5.54. The first-order chi connectivity index (χ1) is 8.97. The lowest BCUT2D eigenvalue weighted by molar-refractivity contribution is 0.0473. The standard InChI is InChI=1S/C13H12O4S2/c1-19(15,16)12-4-2-11(3-5-12)13(14)17-8-10-6-7-18-9-10/h2-7,9H,8H2,1H3. The number of esters is 1. The van der Waals surface area contributed by atoms with Gasteiger partial charge >= 0.3 is 5.97 Å². The maximum atomic E-state index is 11.7. The van der Waals surface area contributed by atoms with Crippen LogP contribution in [0.4, 0.5) is 0 Å². The maximum absolute atomic E-state index is 11.7. The van der Waals surface area contributed by atoms with Gasteiger partial charge in [0.1, 0.15) is 6.61 Å². The second-order valence-electron chi connectivity index (χ2n) is 4.00. The Balaban J connectivity index is 2.04. The minimum Gasteiger partial charge on any atom is -0.457 e. The zero-order chi connectivity index (χ0) is 13.9. The molecule has 6 heteroatoms. The molecular weight excluding hydrogens is 284 g/mol. The Morgan fingerprint density at radius 1 is 1.21 bits per heavy atom. The van der Waals surface area contributed by atoms with Gasteiger partial charge in [-0.25, -0.2) is 13.2 Å². The molecule has 0 bridgehead atoms. The average molecular weight is 296 g/mol. The maximum Gasteiger partial charge on any atom is 0.338 e. The third-order valence-corrected chi connectivity index (χ3v) is 4.33. The number of sulfone groups is 1. The summed E-state index contributed by atoms with van der Waals surface area (Å²) in [5.41, 5.74) is 1.27. The summed E-state index contributed by atoms with van der Waals surface area (Å²) in [6.45, 7) is 0.218. The monoisotopic (exact) mass is 296 g/mol. The first-order valence-corrected chi connectivity index (χ1v) is 8.28. The highest BCUT2D eigenvalue weighted by molar-refractivity contribution is 7.90. The summed E-state index contributed by atoms with van der Waals surface area (Å²) in [5.74, 6) is -0.466. The van der Waals surface area contributed by atoms with Crippen molar-refractivity contribution < 1.29 is 17.9 Å². The summed E-state index contributed by atoms with van der Waals surface area (Å²) in [5, 5.41) is 3.81. The molecule has 0 saturated heterocycles. The largest absolute Gasteiger partial charge is 0.457 e. The summed E-state index contributed by atoms with van der Waals surface area (Å²) in [7, 11) is -3.24. The Labute approximate surface area is 115 Å². The fourth-order valence-corrected chi connectivity index (χ4v) is 2.73. The molecule has 0 unspecified atom stereocenters. The zero-order valence-electron chi connectivity index (χ0n) is 10.2. The molecule has 100 valence electrons. The van der Waals surface area contributed by atoms with E-state index in [1.165, 1.54) is 35.6 Å². The molecule has 1 aromatic heterocycles. The molecule has 1 aromatic carbocycles. The van der Waals surface area contributed by atoms with Crippen LogP contribution < -0.4 is 0 Å². The van der Waals surface area contributed by atoms with E-state index in [9.17, 15) is 13.2 Å². The smallest absolute Gasteiger partial charge is 0.338 e. The summed E-state index contributed by atoms with van der Waals surface area (Å²) < 4.78 is 27.7. The van der Waals surface area contributed by atoms with Crippen LogP contribution in [0.3, 0.4) is 0 Å². The van der Waals surface area contributed by atoms with Crippen LogP contribution in [0.1, 0.15) is 15.9 Å². The quantitative estimate of drug-likeness (QED) is 0.813. The van der Waals surface area contributed by atoms with Gasteiger partial charge in [-0.1, -0.05) is 0 Å². The first kappa shape index (κ1) is 13.8. The molecule has 4 nitrogen and oxygen atoms in total. The van der Waals surface area contributed by atoms with Crippen LogP contribution in [0.2, 0.25) is 0 Å². The van der Waals surface area contributed by atoms with Gasteiger partial charge in [-0.05, 0) is 41.1 Å². The number of thiophene rings is 1. The molecule has 0 atom stereocenters. The number of benzene rings is 1. The number of ether oxygens (including phenoxy) is 1. The van der Waals surface area contributed by atoms with Crippen molar-refractivity contribution in [1.29, 1.82) is 0 Å². The van der Waals surface area contributed by atoms with Crippen molar-refractivity contribution in [2.24, 2.45) is 0 Å². The molecule has 19 heavy (non-hydrogen) atoms. The van der Waals surface area contributed by atoms with Crippen molar-refractivity contribution in [3.63, 3.8) is 0 Å². The predicted octanol–water partition coefficient (Wildman–Crippen LogP) is 2.51. The molecule has 0 aliphatic carbocycles. The molecule has 0 saturated carbocycles. The predicted molar refractivity (Wildman–Crippen MR) is 73.0 cm³/mol. The van der Waals surface area contributed by atoms with Gasteiger partial charge in [-0.3, -0.25) is 0 Å². The van der Waals surface area contributed by atoms with E-state index in [-0.39, 0.29) is 11.5 Å². The molecular formula is C13H12O4S2. The minimum atomic E-state index is -3.24. The normalized spacial score (nSPS) is 11.2.